The lowest BCUT2D eigenvalue weighted by atomic mass is 9.96. The molecule has 3 N–H and O–H groups in total. The van der Waals surface area contributed by atoms with Gasteiger partial charge in [-0.1, -0.05) is 22.9 Å². The summed E-state index contributed by atoms with van der Waals surface area (Å²) in [5, 5.41) is 16.3. The highest BCUT2D eigenvalue weighted by Crippen LogP contribution is 2.48. The number of hydrogen-bond acceptors (Lipinski definition) is 6. The predicted octanol–water partition coefficient (Wildman–Crippen LogP) is 5.00. The van der Waals surface area contributed by atoms with E-state index in [1.165, 1.54) is 55.2 Å². The van der Waals surface area contributed by atoms with Crippen molar-refractivity contribution in [3.8, 4) is 16.3 Å². The Morgan fingerprint density at radius 3 is 2.79 bits per heavy atom. The number of hydrogen-bond donors (Lipinski definition) is 3. The number of aromatic nitrogens is 3. The molecule has 2 aromatic heterocycles. The molecular weight excluding hydrogens is 468 g/mol. The van der Waals surface area contributed by atoms with Gasteiger partial charge in [-0.15, -0.1) is 0 Å². The van der Waals surface area contributed by atoms with Gasteiger partial charge in [-0.05, 0) is 75.7 Å². The number of benzene rings is 1. The van der Waals surface area contributed by atoms with Crippen LogP contribution >= 0.6 is 22.9 Å². The Bertz CT molecular complexity index is 1240. The van der Waals surface area contributed by atoms with E-state index >= 15 is 0 Å². The number of carbonyl (C=O) groups is 1. The van der Waals surface area contributed by atoms with Crippen molar-refractivity contribution in [2.24, 2.45) is 5.92 Å². The van der Waals surface area contributed by atoms with Crippen molar-refractivity contribution in [1.29, 1.82) is 0 Å². The van der Waals surface area contributed by atoms with Crippen molar-refractivity contribution < 1.29 is 4.79 Å². The summed E-state index contributed by atoms with van der Waals surface area (Å²) >= 11 is 8.38. The SMILES string of the molecule is CC(=O)Nc1nc2c(s1)-c1c(c(C3CC3)nn1-c1ccc(NCC3CCNCC3)cc1Cl)CC2. The number of aryl methyl sites for hydroxylation is 1. The fourth-order valence-corrected chi connectivity index (χ4v) is 6.47. The predicted molar refractivity (Wildman–Crippen MR) is 137 cm³/mol. The van der Waals surface area contributed by atoms with Crippen LogP contribution in [0.2, 0.25) is 5.02 Å². The normalized spacial score (nSPS) is 17.8. The lowest BCUT2D eigenvalue weighted by molar-refractivity contribution is -0.114. The number of carbonyl (C=O) groups excluding carboxylic acids is 1. The van der Waals surface area contributed by atoms with Gasteiger partial charge >= 0.3 is 0 Å². The number of piperidine rings is 1. The van der Waals surface area contributed by atoms with Gasteiger partial charge in [-0.2, -0.15) is 5.10 Å². The molecule has 2 aliphatic carbocycles. The van der Waals surface area contributed by atoms with E-state index in [1.807, 2.05) is 10.7 Å². The number of thiazole rings is 1. The van der Waals surface area contributed by atoms with Gasteiger partial charge in [0, 0.05) is 30.6 Å². The van der Waals surface area contributed by atoms with Crippen molar-refractivity contribution in [2.75, 3.05) is 30.3 Å². The number of nitrogens with one attached hydrogen (secondary N) is 3. The van der Waals surface area contributed by atoms with Crippen molar-refractivity contribution in [2.45, 2.75) is 51.4 Å². The maximum atomic E-state index is 11.6. The summed E-state index contributed by atoms with van der Waals surface area (Å²) in [6, 6.07) is 6.19. The Hall–Kier alpha value is -2.42. The van der Waals surface area contributed by atoms with E-state index in [0.29, 0.717) is 22.0 Å². The van der Waals surface area contributed by atoms with Crippen LogP contribution in [-0.2, 0) is 17.6 Å². The van der Waals surface area contributed by atoms with E-state index in [9.17, 15) is 4.79 Å². The lowest BCUT2D eigenvalue weighted by Gasteiger charge is -2.23. The van der Waals surface area contributed by atoms with Crippen LogP contribution in [-0.4, -0.2) is 40.3 Å². The highest BCUT2D eigenvalue weighted by atomic mass is 35.5. The first kappa shape index (κ1) is 22.1. The minimum Gasteiger partial charge on any atom is -0.385 e. The molecule has 0 spiro atoms. The van der Waals surface area contributed by atoms with Crippen LogP contribution in [0.15, 0.2) is 18.2 Å². The molecule has 3 heterocycles. The third-order valence-corrected chi connectivity index (χ3v) is 8.34. The number of fused-ring (bicyclic) bond motifs is 3. The molecule has 7 nitrogen and oxygen atoms in total. The van der Waals surface area contributed by atoms with Crippen LogP contribution in [0, 0.1) is 5.92 Å². The zero-order chi connectivity index (χ0) is 23.2. The Morgan fingerprint density at radius 2 is 2.06 bits per heavy atom. The van der Waals surface area contributed by atoms with E-state index in [-0.39, 0.29) is 5.91 Å². The Kier molecular flexibility index (Phi) is 5.83. The topological polar surface area (TPSA) is 83.9 Å². The molecule has 9 heteroatoms. The number of nitrogens with zero attached hydrogens (tertiary/aromatic N) is 3. The number of amides is 1. The monoisotopic (exact) mass is 496 g/mol. The zero-order valence-corrected chi connectivity index (χ0v) is 20.9. The zero-order valence-electron chi connectivity index (χ0n) is 19.3. The fraction of sp³-hybridized carbons (Fsp3) is 0.480. The van der Waals surface area contributed by atoms with Gasteiger partial charge in [-0.25, -0.2) is 9.67 Å². The summed E-state index contributed by atoms with van der Waals surface area (Å²) in [4.78, 5) is 17.4. The van der Waals surface area contributed by atoms with Crippen LogP contribution in [0.25, 0.3) is 16.3 Å². The summed E-state index contributed by atoms with van der Waals surface area (Å²) in [6.45, 7) is 4.68. The van der Waals surface area contributed by atoms with Gasteiger partial charge in [0.1, 0.15) is 0 Å². The molecule has 1 aliphatic heterocycles. The smallest absolute Gasteiger partial charge is 0.223 e. The molecule has 0 unspecified atom stereocenters. The molecule has 1 saturated carbocycles. The first-order chi connectivity index (χ1) is 16.6. The lowest BCUT2D eigenvalue weighted by Crippen LogP contribution is -2.31. The number of halogens is 1. The third-order valence-electron chi connectivity index (χ3n) is 7.02. The average Bonchev–Trinajstić information content (AvgIpc) is 3.47. The molecule has 3 aliphatic rings. The van der Waals surface area contributed by atoms with Crippen LogP contribution in [0.4, 0.5) is 10.8 Å². The van der Waals surface area contributed by atoms with Gasteiger partial charge in [-0.3, -0.25) is 4.79 Å². The van der Waals surface area contributed by atoms with Gasteiger partial charge in [0.25, 0.3) is 0 Å². The van der Waals surface area contributed by atoms with Crippen LogP contribution in [0.3, 0.4) is 0 Å². The summed E-state index contributed by atoms with van der Waals surface area (Å²) in [5.74, 6) is 1.14. The molecule has 34 heavy (non-hydrogen) atoms. The summed E-state index contributed by atoms with van der Waals surface area (Å²) < 4.78 is 2.02. The highest BCUT2D eigenvalue weighted by molar-refractivity contribution is 7.19. The Morgan fingerprint density at radius 1 is 1.24 bits per heavy atom. The molecule has 3 aromatic rings. The molecular formula is C25H29ClN6OS. The maximum Gasteiger partial charge on any atom is 0.223 e. The van der Waals surface area contributed by atoms with E-state index in [0.717, 1.165) is 60.1 Å². The molecule has 2 fully saturated rings. The largest absolute Gasteiger partial charge is 0.385 e. The van der Waals surface area contributed by atoms with Crippen LogP contribution in [0.5, 0.6) is 0 Å². The van der Waals surface area contributed by atoms with Gasteiger partial charge < -0.3 is 16.0 Å². The fourth-order valence-electron chi connectivity index (χ4n) is 5.10. The van der Waals surface area contributed by atoms with E-state index in [1.54, 1.807) is 0 Å². The van der Waals surface area contributed by atoms with Gasteiger partial charge in [0.2, 0.25) is 5.91 Å². The summed E-state index contributed by atoms with van der Waals surface area (Å²) in [6.07, 6.45) is 6.61. The van der Waals surface area contributed by atoms with Crippen molar-refractivity contribution in [3.05, 3.63) is 40.2 Å². The van der Waals surface area contributed by atoms with Crippen molar-refractivity contribution in [3.63, 3.8) is 0 Å². The Balaban J connectivity index is 1.34. The van der Waals surface area contributed by atoms with E-state index in [4.69, 9.17) is 21.7 Å². The molecule has 0 radical (unpaired) electrons. The van der Waals surface area contributed by atoms with Crippen molar-refractivity contribution in [1.82, 2.24) is 20.1 Å². The van der Waals surface area contributed by atoms with E-state index in [2.05, 4.69) is 28.1 Å². The first-order valence-electron chi connectivity index (χ1n) is 12.2. The maximum absolute atomic E-state index is 11.6. The second kappa shape index (κ2) is 8.98. The quantitative estimate of drug-likeness (QED) is 0.447. The first-order valence-corrected chi connectivity index (χ1v) is 13.4. The third kappa shape index (κ3) is 4.23. The molecule has 6 rings (SSSR count). The summed E-state index contributed by atoms with van der Waals surface area (Å²) in [7, 11) is 0. The van der Waals surface area contributed by atoms with Crippen molar-refractivity contribution >= 4 is 39.7 Å². The molecule has 0 atom stereocenters. The molecule has 1 amide bonds. The van der Waals surface area contributed by atoms with Gasteiger partial charge in [0.05, 0.1) is 32.7 Å². The minimum absolute atomic E-state index is 0.103. The number of rotatable bonds is 6. The Labute approximate surface area is 208 Å². The van der Waals surface area contributed by atoms with E-state index < -0.39 is 0 Å². The molecule has 178 valence electrons. The second-order valence-corrected chi connectivity index (χ2v) is 11.0. The molecule has 1 aromatic carbocycles. The van der Waals surface area contributed by atoms with Crippen LogP contribution in [0.1, 0.15) is 55.5 Å². The molecule has 1 saturated heterocycles. The van der Waals surface area contributed by atoms with Crippen LogP contribution < -0.4 is 16.0 Å². The van der Waals surface area contributed by atoms with Gasteiger partial charge in [0.15, 0.2) is 5.13 Å². The average molecular weight is 497 g/mol. The minimum atomic E-state index is -0.103. The highest BCUT2D eigenvalue weighted by Gasteiger charge is 2.36. The second-order valence-electron chi connectivity index (χ2n) is 9.61. The standard InChI is InChI=1S/C25H29ClN6OS/c1-14(33)29-25-30-20-6-5-18-22(16-2-3-16)31-32(23(18)24(20)34-25)21-7-4-17(12-19(21)26)28-13-15-8-10-27-11-9-15/h4,7,12,15-16,27-28H,2-3,5-6,8-11,13H2,1H3,(H,29,30,33). The molecule has 0 bridgehead atoms. The summed E-state index contributed by atoms with van der Waals surface area (Å²) in [5.41, 5.74) is 6.58. The number of anilines is 2.